The molecule has 0 atom stereocenters. The van der Waals surface area contributed by atoms with Gasteiger partial charge >= 0.3 is 0 Å². The minimum Gasteiger partial charge on any atom is -0.237 e. The van der Waals surface area contributed by atoms with Crippen LogP contribution >= 0.6 is 0 Å². The van der Waals surface area contributed by atoms with Crippen molar-refractivity contribution in [1.82, 2.24) is 9.97 Å². The molecule has 1 aromatic heterocycles. The summed E-state index contributed by atoms with van der Waals surface area (Å²) in [6, 6.07) is 3.80. The zero-order chi connectivity index (χ0) is 9.97. The Morgan fingerprint density at radius 1 is 0.857 bits per heavy atom. The van der Waals surface area contributed by atoms with Crippen LogP contribution in [0, 0.1) is 22.7 Å². The number of rotatable bonds is 0. The van der Waals surface area contributed by atoms with Crippen molar-refractivity contribution in [3.63, 3.8) is 0 Å². The van der Waals surface area contributed by atoms with Crippen molar-refractivity contribution in [3.8, 4) is 12.1 Å². The molecular weight excluding hydrogens is 176 g/mol. The monoisotopic (exact) mass is 184 g/mol. The van der Waals surface area contributed by atoms with Gasteiger partial charge in [-0.2, -0.15) is 10.5 Å². The Kier molecular flexibility index (Phi) is 2.12. The lowest BCUT2D eigenvalue weighted by atomic mass is 10.00. The van der Waals surface area contributed by atoms with Gasteiger partial charge in [-0.25, -0.2) is 9.97 Å². The standard InChI is InChI=1S/C10H8N4/c11-5-9-10(6-12)14-8-4-2-1-3-7(8)13-9/h1-4H2. The lowest BCUT2D eigenvalue weighted by molar-refractivity contribution is 0.646. The Morgan fingerprint density at radius 2 is 1.29 bits per heavy atom. The quantitative estimate of drug-likeness (QED) is 0.605. The number of fused-ring (bicyclic) bond motifs is 1. The number of hydrogen-bond acceptors (Lipinski definition) is 4. The molecule has 1 aliphatic carbocycles. The zero-order valence-corrected chi connectivity index (χ0v) is 7.62. The smallest absolute Gasteiger partial charge is 0.177 e. The second kappa shape index (κ2) is 3.43. The summed E-state index contributed by atoms with van der Waals surface area (Å²) in [6.07, 6.45) is 3.95. The highest BCUT2D eigenvalue weighted by atomic mass is 14.9. The molecule has 0 saturated carbocycles. The minimum absolute atomic E-state index is 0.160. The first-order chi connectivity index (χ1) is 6.85. The van der Waals surface area contributed by atoms with Crippen LogP contribution in [0.1, 0.15) is 35.6 Å². The summed E-state index contributed by atoms with van der Waals surface area (Å²) in [6.45, 7) is 0. The SMILES string of the molecule is N#Cc1nc2c(nc1C#N)CCCC2. The summed E-state index contributed by atoms with van der Waals surface area (Å²) < 4.78 is 0. The highest BCUT2D eigenvalue weighted by molar-refractivity contribution is 5.37. The van der Waals surface area contributed by atoms with Crippen molar-refractivity contribution >= 4 is 0 Å². The molecule has 0 aliphatic heterocycles. The van der Waals surface area contributed by atoms with Crippen LogP contribution in [0.2, 0.25) is 0 Å². The van der Waals surface area contributed by atoms with E-state index < -0.39 is 0 Å². The van der Waals surface area contributed by atoms with Gasteiger partial charge in [0.2, 0.25) is 0 Å². The molecule has 0 N–H and O–H groups in total. The maximum absolute atomic E-state index is 8.75. The van der Waals surface area contributed by atoms with E-state index in [2.05, 4.69) is 9.97 Å². The van der Waals surface area contributed by atoms with E-state index in [0.29, 0.717) is 0 Å². The molecule has 0 unspecified atom stereocenters. The van der Waals surface area contributed by atoms with Gasteiger partial charge in [0.25, 0.3) is 0 Å². The van der Waals surface area contributed by atoms with E-state index in [1.54, 1.807) is 0 Å². The van der Waals surface area contributed by atoms with Gasteiger partial charge in [-0.3, -0.25) is 0 Å². The third-order valence-corrected chi connectivity index (χ3v) is 2.34. The van der Waals surface area contributed by atoms with E-state index in [1.165, 1.54) is 0 Å². The van der Waals surface area contributed by atoms with Crippen LogP contribution in [0.15, 0.2) is 0 Å². The van der Waals surface area contributed by atoms with Crippen molar-refractivity contribution in [2.75, 3.05) is 0 Å². The summed E-state index contributed by atoms with van der Waals surface area (Å²) in [7, 11) is 0. The Hall–Kier alpha value is -1.94. The zero-order valence-electron chi connectivity index (χ0n) is 7.62. The second-order valence-corrected chi connectivity index (χ2v) is 3.24. The van der Waals surface area contributed by atoms with E-state index in [9.17, 15) is 0 Å². The van der Waals surface area contributed by atoms with Gasteiger partial charge < -0.3 is 0 Å². The minimum atomic E-state index is 0.160. The average Bonchev–Trinajstić information content (AvgIpc) is 2.27. The molecule has 4 heteroatoms. The Balaban J connectivity index is 2.57. The van der Waals surface area contributed by atoms with Crippen LogP contribution in [0.3, 0.4) is 0 Å². The molecule has 1 aliphatic rings. The van der Waals surface area contributed by atoms with E-state index in [4.69, 9.17) is 10.5 Å². The van der Waals surface area contributed by atoms with Gasteiger partial charge in [0, 0.05) is 0 Å². The molecule has 1 heterocycles. The van der Waals surface area contributed by atoms with Crippen molar-refractivity contribution in [1.29, 1.82) is 10.5 Å². The molecule has 0 radical (unpaired) electrons. The summed E-state index contributed by atoms with van der Waals surface area (Å²) in [5.74, 6) is 0. The van der Waals surface area contributed by atoms with Crippen molar-refractivity contribution in [2.24, 2.45) is 0 Å². The fourth-order valence-electron chi connectivity index (χ4n) is 1.65. The average molecular weight is 184 g/mol. The third kappa shape index (κ3) is 1.31. The van der Waals surface area contributed by atoms with E-state index in [1.807, 2.05) is 12.1 Å². The topological polar surface area (TPSA) is 73.4 Å². The Bertz CT molecular complexity index is 407. The van der Waals surface area contributed by atoms with E-state index in [-0.39, 0.29) is 11.4 Å². The summed E-state index contributed by atoms with van der Waals surface area (Å²) in [5, 5.41) is 17.5. The first-order valence-corrected chi connectivity index (χ1v) is 4.55. The normalized spacial score (nSPS) is 13.9. The molecule has 1 aromatic rings. The third-order valence-electron chi connectivity index (χ3n) is 2.34. The molecule has 0 spiro atoms. The number of nitrogens with zero attached hydrogens (tertiary/aromatic N) is 4. The van der Waals surface area contributed by atoms with Crippen LogP contribution in [-0.2, 0) is 12.8 Å². The first-order valence-electron chi connectivity index (χ1n) is 4.55. The molecule has 14 heavy (non-hydrogen) atoms. The lowest BCUT2D eigenvalue weighted by Crippen LogP contribution is -2.11. The number of hydrogen-bond donors (Lipinski definition) is 0. The fraction of sp³-hybridized carbons (Fsp3) is 0.400. The molecule has 0 bridgehead atoms. The van der Waals surface area contributed by atoms with Crippen LogP contribution in [-0.4, -0.2) is 9.97 Å². The molecule has 0 saturated heterocycles. The highest BCUT2D eigenvalue weighted by Gasteiger charge is 2.16. The summed E-state index contributed by atoms with van der Waals surface area (Å²) in [5.41, 5.74) is 2.11. The molecule has 0 fully saturated rings. The molecule has 68 valence electrons. The number of nitriles is 2. The predicted molar refractivity (Wildman–Crippen MR) is 48.1 cm³/mol. The van der Waals surface area contributed by atoms with Crippen molar-refractivity contribution in [2.45, 2.75) is 25.7 Å². The van der Waals surface area contributed by atoms with Gasteiger partial charge in [-0.15, -0.1) is 0 Å². The van der Waals surface area contributed by atoms with Crippen molar-refractivity contribution < 1.29 is 0 Å². The van der Waals surface area contributed by atoms with E-state index >= 15 is 0 Å². The van der Waals surface area contributed by atoms with Gasteiger partial charge in [-0.05, 0) is 25.7 Å². The fourth-order valence-corrected chi connectivity index (χ4v) is 1.65. The Morgan fingerprint density at radius 3 is 1.64 bits per heavy atom. The van der Waals surface area contributed by atoms with Crippen LogP contribution in [0.25, 0.3) is 0 Å². The lowest BCUT2D eigenvalue weighted by Gasteiger charge is -2.13. The molecule has 4 nitrogen and oxygen atoms in total. The second-order valence-electron chi connectivity index (χ2n) is 3.24. The van der Waals surface area contributed by atoms with Gasteiger partial charge in [0.1, 0.15) is 12.1 Å². The van der Waals surface area contributed by atoms with Crippen LogP contribution < -0.4 is 0 Å². The molecule has 0 amide bonds. The van der Waals surface area contributed by atoms with Crippen LogP contribution in [0.4, 0.5) is 0 Å². The summed E-state index contributed by atoms with van der Waals surface area (Å²) in [4.78, 5) is 8.31. The van der Waals surface area contributed by atoms with Gasteiger partial charge in [0.05, 0.1) is 11.4 Å². The Labute approximate surface area is 81.8 Å². The maximum Gasteiger partial charge on any atom is 0.177 e. The molecule has 2 rings (SSSR count). The van der Waals surface area contributed by atoms with Gasteiger partial charge in [0.15, 0.2) is 11.4 Å². The predicted octanol–water partition coefficient (Wildman–Crippen LogP) is 1.10. The highest BCUT2D eigenvalue weighted by Crippen LogP contribution is 2.18. The molecule has 0 aromatic carbocycles. The first kappa shape index (κ1) is 8.65. The maximum atomic E-state index is 8.75. The number of aryl methyl sites for hydroxylation is 2. The van der Waals surface area contributed by atoms with Gasteiger partial charge in [-0.1, -0.05) is 0 Å². The van der Waals surface area contributed by atoms with E-state index in [0.717, 1.165) is 37.1 Å². The number of aromatic nitrogens is 2. The van der Waals surface area contributed by atoms with Crippen LogP contribution in [0.5, 0.6) is 0 Å². The summed E-state index contributed by atoms with van der Waals surface area (Å²) >= 11 is 0. The molecular formula is C10H8N4. The largest absolute Gasteiger partial charge is 0.237 e. The van der Waals surface area contributed by atoms with Crippen molar-refractivity contribution in [3.05, 3.63) is 22.8 Å².